The van der Waals surface area contributed by atoms with E-state index in [1.54, 1.807) is 43.3 Å². The van der Waals surface area contributed by atoms with Gasteiger partial charge in [0.25, 0.3) is 0 Å². The van der Waals surface area contributed by atoms with Crippen LogP contribution in [0.4, 0.5) is 13.2 Å². The molecule has 0 aliphatic rings. The Balaban J connectivity index is 1.80. The molecule has 3 aromatic heterocycles. The van der Waals surface area contributed by atoms with Crippen LogP contribution in [0.25, 0.3) is 22.3 Å². The third-order valence-corrected chi connectivity index (χ3v) is 4.54. The molecule has 0 radical (unpaired) electrons. The summed E-state index contributed by atoms with van der Waals surface area (Å²) in [7, 11) is 1.76. The van der Waals surface area contributed by atoms with Crippen molar-refractivity contribution in [3.05, 3.63) is 70.3 Å². The average molecular weight is 403 g/mol. The highest BCUT2D eigenvalue weighted by Gasteiger charge is 2.25. The average Bonchev–Trinajstić information content (AvgIpc) is 3.26. The first-order valence-corrected chi connectivity index (χ1v) is 8.79. The Morgan fingerprint density at radius 1 is 1.17 bits per heavy atom. The van der Waals surface area contributed by atoms with Crippen molar-refractivity contribution in [3.63, 3.8) is 0 Å². The van der Waals surface area contributed by atoms with Crippen LogP contribution in [0.2, 0.25) is 0 Å². The summed E-state index contributed by atoms with van der Waals surface area (Å²) < 4.78 is 44.5. The number of benzene rings is 1. The second-order valence-corrected chi connectivity index (χ2v) is 6.48. The van der Waals surface area contributed by atoms with Crippen molar-refractivity contribution in [2.45, 2.75) is 19.4 Å². The number of pyridine rings is 1. The Morgan fingerprint density at radius 3 is 2.62 bits per heavy atom. The molecule has 0 saturated carbocycles. The van der Waals surface area contributed by atoms with E-state index in [1.807, 2.05) is 0 Å². The molecule has 10 heteroatoms. The van der Waals surface area contributed by atoms with Gasteiger partial charge in [0.05, 0.1) is 11.8 Å². The van der Waals surface area contributed by atoms with Gasteiger partial charge in [0.15, 0.2) is 23.4 Å². The van der Waals surface area contributed by atoms with Gasteiger partial charge >= 0.3 is 5.69 Å². The Morgan fingerprint density at radius 2 is 1.93 bits per heavy atom. The third-order valence-electron chi connectivity index (χ3n) is 4.54. The Labute approximate surface area is 162 Å². The van der Waals surface area contributed by atoms with Crippen LogP contribution < -0.4 is 10.5 Å². The van der Waals surface area contributed by atoms with Crippen molar-refractivity contribution in [2.24, 2.45) is 7.05 Å². The largest absolute Gasteiger partial charge is 0.401 e. The summed E-state index contributed by atoms with van der Waals surface area (Å²) in [6, 6.07) is 3.16. The fraction of sp³-hybridized carbons (Fsp3) is 0.211. The first kappa shape index (κ1) is 18.8. The lowest BCUT2D eigenvalue weighted by Crippen LogP contribution is -2.28. The fourth-order valence-electron chi connectivity index (χ4n) is 3.10. The van der Waals surface area contributed by atoms with Crippen molar-refractivity contribution in [3.8, 4) is 11.1 Å². The predicted molar refractivity (Wildman–Crippen MR) is 98.5 cm³/mol. The van der Waals surface area contributed by atoms with Gasteiger partial charge in [0.1, 0.15) is 11.3 Å². The number of rotatable bonds is 5. The molecular weight excluding hydrogens is 387 g/mol. The van der Waals surface area contributed by atoms with Gasteiger partial charge in [0.2, 0.25) is 0 Å². The maximum absolute atomic E-state index is 14.2. The molecule has 3 heterocycles. The van der Waals surface area contributed by atoms with Gasteiger partial charge < -0.3 is 4.84 Å². The number of aromatic amines is 1. The molecule has 0 amide bonds. The number of fused-ring (bicyclic) bond motifs is 1. The number of H-pyrrole nitrogens is 1. The molecule has 1 N–H and O–H groups in total. The molecule has 0 fully saturated rings. The van der Waals surface area contributed by atoms with Crippen molar-refractivity contribution < 1.29 is 18.0 Å². The summed E-state index contributed by atoms with van der Waals surface area (Å²) >= 11 is 0. The highest BCUT2D eigenvalue weighted by molar-refractivity contribution is 5.77. The maximum atomic E-state index is 14.2. The lowest BCUT2D eigenvalue weighted by atomic mass is 10.1. The predicted octanol–water partition coefficient (Wildman–Crippen LogP) is 3.12. The highest BCUT2D eigenvalue weighted by Crippen LogP contribution is 2.27. The van der Waals surface area contributed by atoms with Crippen LogP contribution in [0, 0.1) is 17.5 Å². The second kappa shape index (κ2) is 7.12. The summed E-state index contributed by atoms with van der Waals surface area (Å²) in [6.07, 6.45) is 3.81. The molecule has 1 aromatic carbocycles. The van der Waals surface area contributed by atoms with Gasteiger partial charge in [-0.3, -0.25) is 9.67 Å². The van der Waals surface area contributed by atoms with E-state index in [2.05, 4.69) is 15.1 Å². The number of hydrogen-bond acceptors (Lipinski definition) is 4. The van der Waals surface area contributed by atoms with Crippen LogP contribution in [0.5, 0.6) is 0 Å². The molecule has 7 nitrogen and oxygen atoms in total. The minimum atomic E-state index is -1.35. The number of aryl methyl sites for hydroxylation is 1. The first-order valence-electron chi connectivity index (χ1n) is 8.79. The van der Waals surface area contributed by atoms with Crippen molar-refractivity contribution >= 4 is 11.2 Å². The van der Waals surface area contributed by atoms with E-state index < -0.39 is 34.8 Å². The van der Waals surface area contributed by atoms with Gasteiger partial charge in [-0.25, -0.2) is 22.9 Å². The zero-order valence-corrected chi connectivity index (χ0v) is 15.5. The first-order chi connectivity index (χ1) is 13.9. The Bertz CT molecular complexity index is 1260. The Kier molecular flexibility index (Phi) is 4.61. The summed E-state index contributed by atoms with van der Waals surface area (Å²) in [5.74, 6) is -3.51. The topological polar surface area (TPSA) is 77.7 Å². The fourth-order valence-corrected chi connectivity index (χ4v) is 3.10. The van der Waals surface area contributed by atoms with E-state index >= 15 is 0 Å². The standard InChI is InChI=1S/C19H16F3N5O2/c1-3-15(16-12(20)4-5-13(21)17(16)22)29-27-14-6-10(11-8-24-26(2)9-11)7-23-18(14)25-19(27)28/h4-9,15H,3H2,1-2H3,(H,23,25,28). The van der Waals surface area contributed by atoms with Crippen LogP contribution in [-0.2, 0) is 7.05 Å². The van der Waals surface area contributed by atoms with Gasteiger partial charge in [-0.05, 0) is 24.6 Å². The molecular formula is C19H16F3N5O2. The number of aromatic nitrogens is 5. The molecule has 0 bridgehead atoms. The van der Waals surface area contributed by atoms with Crippen LogP contribution >= 0.6 is 0 Å². The van der Waals surface area contributed by atoms with Crippen LogP contribution in [-0.4, -0.2) is 24.5 Å². The monoisotopic (exact) mass is 403 g/mol. The van der Waals surface area contributed by atoms with Crippen molar-refractivity contribution in [1.29, 1.82) is 0 Å². The molecule has 0 aliphatic heterocycles. The number of nitrogens with one attached hydrogen (secondary N) is 1. The molecule has 1 unspecified atom stereocenters. The molecule has 4 aromatic rings. The van der Waals surface area contributed by atoms with E-state index in [9.17, 15) is 18.0 Å². The second-order valence-electron chi connectivity index (χ2n) is 6.48. The number of imidazole rings is 1. The summed E-state index contributed by atoms with van der Waals surface area (Å²) in [4.78, 5) is 24.7. The Hall–Kier alpha value is -3.56. The smallest absolute Gasteiger partial charge is 0.360 e. The van der Waals surface area contributed by atoms with Crippen LogP contribution in [0.15, 0.2) is 41.6 Å². The molecule has 0 aliphatic carbocycles. The summed E-state index contributed by atoms with van der Waals surface area (Å²) in [5.41, 5.74) is 0.677. The molecule has 29 heavy (non-hydrogen) atoms. The van der Waals surface area contributed by atoms with Gasteiger partial charge in [-0.15, -0.1) is 4.73 Å². The van der Waals surface area contributed by atoms with E-state index in [0.29, 0.717) is 11.6 Å². The quantitative estimate of drug-likeness (QED) is 0.520. The van der Waals surface area contributed by atoms with Crippen LogP contribution in [0.1, 0.15) is 25.0 Å². The molecule has 4 rings (SSSR count). The number of halogens is 3. The van der Waals surface area contributed by atoms with Gasteiger partial charge in [0, 0.05) is 30.6 Å². The zero-order chi connectivity index (χ0) is 20.7. The van der Waals surface area contributed by atoms with E-state index in [4.69, 9.17) is 4.84 Å². The maximum Gasteiger partial charge on any atom is 0.360 e. The number of nitrogens with zero attached hydrogens (tertiary/aromatic N) is 4. The minimum absolute atomic E-state index is 0.0894. The lowest BCUT2D eigenvalue weighted by Gasteiger charge is -2.19. The molecule has 0 spiro atoms. The van der Waals surface area contributed by atoms with Gasteiger partial charge in [-0.2, -0.15) is 5.10 Å². The molecule has 1 atom stereocenters. The van der Waals surface area contributed by atoms with Crippen molar-refractivity contribution in [2.75, 3.05) is 0 Å². The lowest BCUT2D eigenvalue weighted by molar-refractivity contribution is 0.0302. The molecule has 0 saturated heterocycles. The molecule has 150 valence electrons. The van der Waals surface area contributed by atoms with E-state index in [-0.39, 0.29) is 17.6 Å². The van der Waals surface area contributed by atoms with E-state index in [0.717, 1.165) is 16.4 Å². The summed E-state index contributed by atoms with van der Waals surface area (Å²) in [5, 5.41) is 4.09. The normalized spacial score (nSPS) is 12.4. The summed E-state index contributed by atoms with van der Waals surface area (Å²) in [6.45, 7) is 1.60. The van der Waals surface area contributed by atoms with E-state index in [1.165, 1.54) is 0 Å². The third kappa shape index (κ3) is 3.26. The number of hydrogen-bond donors (Lipinski definition) is 1. The zero-order valence-electron chi connectivity index (χ0n) is 15.5. The van der Waals surface area contributed by atoms with Crippen LogP contribution in [0.3, 0.4) is 0 Å². The highest BCUT2D eigenvalue weighted by atomic mass is 19.2. The minimum Gasteiger partial charge on any atom is -0.401 e. The SMILES string of the molecule is CCC(On1c(=O)[nH]c2ncc(-c3cnn(C)c3)cc21)c1c(F)ccc(F)c1F. The van der Waals surface area contributed by atoms with Gasteiger partial charge in [-0.1, -0.05) is 6.92 Å². The van der Waals surface area contributed by atoms with Crippen molar-refractivity contribution in [1.82, 2.24) is 24.5 Å².